The third-order valence-corrected chi connectivity index (χ3v) is 4.37. The van der Waals surface area contributed by atoms with E-state index in [4.69, 9.17) is 9.84 Å². The topological polar surface area (TPSA) is 71.5 Å². The van der Waals surface area contributed by atoms with E-state index >= 15 is 0 Å². The van der Waals surface area contributed by atoms with E-state index in [-0.39, 0.29) is 11.2 Å². The Morgan fingerprint density at radius 2 is 2.25 bits per heavy atom. The Hall–Kier alpha value is -1.46. The molecule has 0 saturated carbocycles. The summed E-state index contributed by atoms with van der Waals surface area (Å²) in [6.07, 6.45) is 5.59. The molecule has 2 fully saturated rings. The van der Waals surface area contributed by atoms with Gasteiger partial charge in [0.1, 0.15) is 0 Å². The Kier molecular flexibility index (Phi) is 3.72. The summed E-state index contributed by atoms with van der Waals surface area (Å²) < 4.78 is 6.07. The zero-order valence-electron chi connectivity index (χ0n) is 11.5. The maximum absolute atomic E-state index is 10.8. The van der Waals surface area contributed by atoms with E-state index in [1.54, 1.807) is 6.07 Å². The first-order valence-electron chi connectivity index (χ1n) is 7.20. The van der Waals surface area contributed by atoms with Crippen LogP contribution in [0.2, 0.25) is 0 Å². The minimum Gasteiger partial charge on any atom is -0.478 e. The van der Waals surface area contributed by atoms with Crippen LogP contribution in [0.25, 0.3) is 0 Å². The molecule has 3 rings (SSSR count). The van der Waals surface area contributed by atoms with Gasteiger partial charge in [-0.3, -0.25) is 4.98 Å². The fourth-order valence-corrected chi connectivity index (χ4v) is 3.27. The van der Waals surface area contributed by atoms with E-state index in [0.717, 1.165) is 51.1 Å². The zero-order valence-corrected chi connectivity index (χ0v) is 11.5. The van der Waals surface area contributed by atoms with Crippen molar-refractivity contribution in [3.63, 3.8) is 0 Å². The molecule has 2 aliphatic heterocycles. The molecule has 0 aliphatic carbocycles. The van der Waals surface area contributed by atoms with Crippen LogP contribution in [0.5, 0.6) is 0 Å². The number of aromatic nitrogens is 1. The number of hydrogen-bond donors (Lipinski definition) is 2. The second kappa shape index (κ2) is 5.50. The summed E-state index contributed by atoms with van der Waals surface area (Å²) in [5, 5.41) is 12.2. The van der Waals surface area contributed by atoms with Gasteiger partial charge in [0.2, 0.25) is 0 Å². The van der Waals surface area contributed by atoms with E-state index < -0.39 is 5.97 Å². The Morgan fingerprint density at radius 1 is 1.45 bits per heavy atom. The van der Waals surface area contributed by atoms with Gasteiger partial charge in [0.25, 0.3) is 0 Å². The Morgan fingerprint density at radius 3 is 2.90 bits per heavy atom. The second-order valence-electron chi connectivity index (χ2n) is 5.86. The van der Waals surface area contributed by atoms with Crippen LogP contribution in [0, 0.1) is 5.92 Å². The minimum absolute atomic E-state index is 0.0803. The summed E-state index contributed by atoms with van der Waals surface area (Å²) in [6, 6.07) is 3.44. The first-order chi connectivity index (χ1) is 9.67. The molecule has 3 heterocycles. The smallest absolute Gasteiger partial charge is 0.337 e. The molecule has 1 aromatic heterocycles. The molecule has 108 valence electrons. The van der Waals surface area contributed by atoms with Gasteiger partial charge in [-0.2, -0.15) is 0 Å². The third-order valence-electron chi connectivity index (χ3n) is 4.37. The standard InChI is InChI=1S/C15H20N2O3/c18-14(19)12-1-2-13(17-9-12)7-11-8-15(20-10-11)3-5-16-6-4-15/h1-2,9,11,16H,3-8,10H2,(H,18,19)/t11-/m0/s1. The van der Waals surface area contributed by atoms with Gasteiger partial charge in [0.15, 0.2) is 0 Å². The second-order valence-corrected chi connectivity index (χ2v) is 5.86. The number of ether oxygens (including phenoxy) is 1. The van der Waals surface area contributed by atoms with Crippen LogP contribution in [0.15, 0.2) is 18.3 Å². The van der Waals surface area contributed by atoms with Gasteiger partial charge in [-0.1, -0.05) is 0 Å². The fourth-order valence-electron chi connectivity index (χ4n) is 3.27. The molecule has 2 saturated heterocycles. The summed E-state index contributed by atoms with van der Waals surface area (Å²) in [5.41, 5.74) is 1.28. The largest absolute Gasteiger partial charge is 0.478 e. The highest BCUT2D eigenvalue weighted by molar-refractivity contribution is 5.87. The molecule has 2 aliphatic rings. The predicted molar refractivity (Wildman–Crippen MR) is 73.8 cm³/mol. The lowest BCUT2D eigenvalue weighted by molar-refractivity contribution is -0.0196. The number of hydrogen-bond acceptors (Lipinski definition) is 4. The van der Waals surface area contributed by atoms with Crippen molar-refractivity contribution in [1.29, 1.82) is 0 Å². The molecule has 0 radical (unpaired) electrons. The van der Waals surface area contributed by atoms with Crippen LogP contribution in [-0.2, 0) is 11.2 Å². The average molecular weight is 276 g/mol. The lowest BCUT2D eigenvalue weighted by Gasteiger charge is -2.33. The Labute approximate surface area is 118 Å². The van der Waals surface area contributed by atoms with Crippen molar-refractivity contribution in [2.24, 2.45) is 5.92 Å². The highest BCUT2D eigenvalue weighted by Crippen LogP contribution is 2.38. The van der Waals surface area contributed by atoms with Gasteiger partial charge in [-0.05, 0) is 56.8 Å². The number of piperidine rings is 1. The van der Waals surface area contributed by atoms with Crippen molar-refractivity contribution < 1.29 is 14.6 Å². The molecule has 20 heavy (non-hydrogen) atoms. The molecule has 1 spiro atoms. The van der Waals surface area contributed by atoms with Gasteiger partial charge in [0.05, 0.1) is 17.8 Å². The normalized spacial score (nSPS) is 24.9. The van der Waals surface area contributed by atoms with Gasteiger partial charge in [0, 0.05) is 11.9 Å². The van der Waals surface area contributed by atoms with Crippen molar-refractivity contribution >= 4 is 5.97 Å². The van der Waals surface area contributed by atoms with Crippen molar-refractivity contribution in [2.75, 3.05) is 19.7 Å². The molecular formula is C15H20N2O3. The number of pyridine rings is 1. The van der Waals surface area contributed by atoms with Crippen LogP contribution in [0.1, 0.15) is 35.3 Å². The number of carboxylic acids is 1. The van der Waals surface area contributed by atoms with E-state index in [1.807, 2.05) is 6.07 Å². The summed E-state index contributed by atoms with van der Waals surface area (Å²) >= 11 is 0. The highest BCUT2D eigenvalue weighted by Gasteiger charge is 2.40. The summed E-state index contributed by atoms with van der Waals surface area (Å²) in [5.74, 6) is -0.432. The van der Waals surface area contributed by atoms with Crippen molar-refractivity contribution in [3.05, 3.63) is 29.6 Å². The first-order valence-corrected chi connectivity index (χ1v) is 7.20. The summed E-state index contributed by atoms with van der Waals surface area (Å²) in [4.78, 5) is 15.0. The monoisotopic (exact) mass is 276 g/mol. The van der Waals surface area contributed by atoms with Crippen molar-refractivity contribution in [1.82, 2.24) is 10.3 Å². The molecule has 0 amide bonds. The molecule has 0 aromatic carbocycles. The number of aromatic carboxylic acids is 1. The summed E-state index contributed by atoms with van der Waals surface area (Å²) in [6.45, 7) is 2.87. The molecule has 1 atom stereocenters. The van der Waals surface area contributed by atoms with E-state index in [1.165, 1.54) is 6.20 Å². The van der Waals surface area contributed by atoms with Crippen molar-refractivity contribution in [2.45, 2.75) is 31.3 Å². The molecule has 5 nitrogen and oxygen atoms in total. The van der Waals surface area contributed by atoms with Crippen LogP contribution in [0.4, 0.5) is 0 Å². The first kappa shape index (κ1) is 13.5. The third kappa shape index (κ3) is 2.83. The minimum atomic E-state index is -0.929. The molecule has 5 heteroatoms. The van der Waals surface area contributed by atoms with Gasteiger partial charge in [-0.15, -0.1) is 0 Å². The lowest BCUT2D eigenvalue weighted by Crippen LogP contribution is -2.41. The summed E-state index contributed by atoms with van der Waals surface area (Å²) in [7, 11) is 0. The van der Waals surface area contributed by atoms with Crippen LogP contribution >= 0.6 is 0 Å². The fraction of sp³-hybridized carbons (Fsp3) is 0.600. The number of carbonyl (C=O) groups is 1. The maximum atomic E-state index is 10.8. The predicted octanol–water partition coefficient (Wildman–Crippen LogP) is 1.48. The molecule has 1 aromatic rings. The molecule has 0 bridgehead atoms. The number of carboxylic acid groups (broad SMARTS) is 1. The van der Waals surface area contributed by atoms with Crippen LogP contribution in [-0.4, -0.2) is 41.4 Å². The van der Waals surface area contributed by atoms with Gasteiger partial charge in [-0.25, -0.2) is 4.79 Å². The van der Waals surface area contributed by atoms with E-state index in [2.05, 4.69) is 10.3 Å². The van der Waals surface area contributed by atoms with E-state index in [0.29, 0.717) is 5.92 Å². The van der Waals surface area contributed by atoms with Gasteiger partial charge < -0.3 is 15.2 Å². The molecule has 0 unspecified atom stereocenters. The number of nitrogens with zero attached hydrogens (tertiary/aromatic N) is 1. The van der Waals surface area contributed by atoms with Gasteiger partial charge >= 0.3 is 5.97 Å². The lowest BCUT2D eigenvalue weighted by atomic mass is 9.85. The zero-order chi connectivity index (χ0) is 14.0. The Balaban J connectivity index is 1.60. The number of nitrogens with one attached hydrogen (secondary N) is 1. The number of rotatable bonds is 3. The average Bonchev–Trinajstić information content (AvgIpc) is 2.83. The van der Waals surface area contributed by atoms with Crippen molar-refractivity contribution in [3.8, 4) is 0 Å². The Bertz CT molecular complexity index is 480. The molecular weight excluding hydrogens is 256 g/mol. The maximum Gasteiger partial charge on any atom is 0.337 e. The highest BCUT2D eigenvalue weighted by atomic mass is 16.5. The SMILES string of the molecule is O=C(O)c1ccc(C[C@@H]2COC3(CCNCC3)C2)nc1. The van der Waals surface area contributed by atoms with Crippen LogP contribution < -0.4 is 5.32 Å². The molecule has 2 N–H and O–H groups in total. The quantitative estimate of drug-likeness (QED) is 0.875. The van der Waals surface area contributed by atoms with E-state index in [9.17, 15) is 4.79 Å². The van der Waals surface area contributed by atoms with Crippen LogP contribution in [0.3, 0.4) is 0 Å².